The lowest BCUT2D eigenvalue weighted by atomic mass is 10.1. The molecule has 76 valence electrons. The molecule has 0 heterocycles. The van der Waals surface area contributed by atoms with Crippen LogP contribution in [0.2, 0.25) is 0 Å². The molecular formula is C10H10BrClO2. The minimum Gasteiger partial charge on any atom is -0.507 e. The fourth-order valence-electron chi connectivity index (χ4n) is 1.12. The molecule has 0 aliphatic rings. The summed E-state index contributed by atoms with van der Waals surface area (Å²) in [6.07, 6.45) is 0.383. The number of Topliss-reactive ketones (excluding diaryl/α,β-unsaturated/α-hetero) is 1. The Balaban J connectivity index is 2.94. The van der Waals surface area contributed by atoms with Gasteiger partial charge in [0.05, 0.1) is 5.56 Å². The van der Waals surface area contributed by atoms with Crippen molar-refractivity contribution in [2.75, 3.05) is 5.33 Å². The standard InChI is InChI=1S/C10H10BrClO2/c11-4-3-9(13)8-2-1-7(6-12)5-10(8)14/h1-2,5,14H,3-4,6H2. The smallest absolute Gasteiger partial charge is 0.167 e. The average Bonchev–Trinajstić information content (AvgIpc) is 2.17. The Morgan fingerprint density at radius 1 is 1.50 bits per heavy atom. The zero-order chi connectivity index (χ0) is 10.6. The van der Waals surface area contributed by atoms with Gasteiger partial charge in [0.25, 0.3) is 0 Å². The van der Waals surface area contributed by atoms with E-state index < -0.39 is 0 Å². The Kier molecular flexibility index (Phi) is 4.42. The van der Waals surface area contributed by atoms with Crippen molar-refractivity contribution in [3.8, 4) is 5.75 Å². The lowest BCUT2D eigenvalue weighted by Crippen LogP contribution is -2.00. The minimum atomic E-state index is -0.0690. The summed E-state index contributed by atoms with van der Waals surface area (Å²) in [5, 5.41) is 10.1. The number of ketones is 1. The second kappa shape index (κ2) is 5.37. The number of carbonyl (C=O) groups is 1. The van der Waals surface area contributed by atoms with Crippen LogP contribution in [0.3, 0.4) is 0 Å². The Morgan fingerprint density at radius 2 is 2.21 bits per heavy atom. The zero-order valence-corrected chi connectivity index (χ0v) is 9.81. The average molecular weight is 278 g/mol. The van der Waals surface area contributed by atoms with E-state index >= 15 is 0 Å². The summed E-state index contributed by atoms with van der Waals surface area (Å²) in [6, 6.07) is 4.88. The highest BCUT2D eigenvalue weighted by molar-refractivity contribution is 9.09. The monoisotopic (exact) mass is 276 g/mol. The van der Waals surface area contributed by atoms with Crippen LogP contribution in [0.25, 0.3) is 0 Å². The van der Waals surface area contributed by atoms with Crippen molar-refractivity contribution in [2.24, 2.45) is 0 Å². The van der Waals surface area contributed by atoms with Crippen LogP contribution in [-0.4, -0.2) is 16.2 Å². The maximum Gasteiger partial charge on any atom is 0.167 e. The van der Waals surface area contributed by atoms with Gasteiger partial charge in [-0.3, -0.25) is 4.79 Å². The second-order valence-corrected chi connectivity index (χ2v) is 3.91. The molecule has 1 N–H and O–H groups in total. The number of halogens is 2. The Hall–Kier alpha value is -0.540. The van der Waals surface area contributed by atoms with Crippen molar-refractivity contribution >= 4 is 33.3 Å². The summed E-state index contributed by atoms with van der Waals surface area (Å²) < 4.78 is 0. The highest BCUT2D eigenvalue weighted by Gasteiger charge is 2.10. The predicted octanol–water partition coefficient (Wildman–Crippen LogP) is 3.10. The van der Waals surface area contributed by atoms with E-state index in [2.05, 4.69) is 15.9 Å². The van der Waals surface area contributed by atoms with E-state index in [1.54, 1.807) is 12.1 Å². The van der Waals surface area contributed by atoms with Gasteiger partial charge in [-0.05, 0) is 17.7 Å². The van der Waals surface area contributed by atoms with Crippen LogP contribution < -0.4 is 0 Å². The molecule has 0 aliphatic carbocycles. The highest BCUT2D eigenvalue weighted by atomic mass is 79.9. The van der Waals surface area contributed by atoms with E-state index in [4.69, 9.17) is 11.6 Å². The molecular weight excluding hydrogens is 267 g/mol. The number of hydrogen-bond acceptors (Lipinski definition) is 2. The van der Waals surface area contributed by atoms with Crippen LogP contribution in [0.4, 0.5) is 0 Å². The van der Waals surface area contributed by atoms with Gasteiger partial charge < -0.3 is 5.11 Å². The molecule has 14 heavy (non-hydrogen) atoms. The highest BCUT2D eigenvalue weighted by Crippen LogP contribution is 2.21. The molecule has 1 aromatic carbocycles. The molecule has 0 saturated carbocycles. The Labute approximate surface area is 96.0 Å². The normalized spacial score (nSPS) is 10.1. The van der Waals surface area contributed by atoms with Gasteiger partial charge in [-0.15, -0.1) is 11.6 Å². The van der Waals surface area contributed by atoms with Crippen molar-refractivity contribution in [1.29, 1.82) is 0 Å². The number of phenolic OH excluding ortho intramolecular Hbond substituents is 1. The summed E-state index contributed by atoms with van der Waals surface area (Å²) >= 11 is 8.76. The maximum absolute atomic E-state index is 11.4. The quantitative estimate of drug-likeness (QED) is 0.678. The molecule has 0 saturated heterocycles. The maximum atomic E-state index is 11.4. The van der Waals surface area contributed by atoms with Crippen LogP contribution in [0.15, 0.2) is 18.2 Å². The van der Waals surface area contributed by atoms with Gasteiger partial charge in [0.15, 0.2) is 5.78 Å². The molecule has 4 heteroatoms. The Bertz CT molecular complexity index is 339. The van der Waals surface area contributed by atoms with Gasteiger partial charge in [-0.1, -0.05) is 22.0 Å². The predicted molar refractivity (Wildman–Crippen MR) is 60.4 cm³/mol. The van der Waals surface area contributed by atoms with Crippen molar-refractivity contribution in [3.05, 3.63) is 29.3 Å². The van der Waals surface area contributed by atoms with E-state index in [1.807, 2.05) is 0 Å². The van der Waals surface area contributed by atoms with Crippen molar-refractivity contribution in [2.45, 2.75) is 12.3 Å². The zero-order valence-electron chi connectivity index (χ0n) is 7.46. The van der Waals surface area contributed by atoms with Crippen LogP contribution in [-0.2, 0) is 5.88 Å². The van der Waals surface area contributed by atoms with E-state index in [0.717, 1.165) is 5.56 Å². The third-order valence-corrected chi connectivity index (χ3v) is 2.54. The SMILES string of the molecule is O=C(CCBr)c1ccc(CCl)cc1O. The first-order chi connectivity index (χ1) is 6.69. The largest absolute Gasteiger partial charge is 0.507 e. The van der Waals surface area contributed by atoms with E-state index in [0.29, 0.717) is 23.2 Å². The lowest BCUT2D eigenvalue weighted by molar-refractivity contribution is 0.0987. The first-order valence-corrected chi connectivity index (χ1v) is 5.81. The Morgan fingerprint density at radius 3 is 2.71 bits per heavy atom. The van der Waals surface area contributed by atoms with Gasteiger partial charge in [-0.25, -0.2) is 0 Å². The second-order valence-electron chi connectivity index (χ2n) is 2.85. The summed E-state index contributed by atoms with van der Waals surface area (Å²) in [6.45, 7) is 0. The first kappa shape index (κ1) is 11.5. The molecule has 0 radical (unpaired) electrons. The molecule has 0 atom stereocenters. The molecule has 0 amide bonds. The van der Waals surface area contributed by atoms with Crippen LogP contribution in [0, 0.1) is 0 Å². The number of phenols is 1. The van der Waals surface area contributed by atoms with Gasteiger partial charge in [-0.2, -0.15) is 0 Å². The summed E-state index contributed by atoms with van der Waals surface area (Å²) in [5.74, 6) is 0.273. The number of alkyl halides is 2. The van der Waals surface area contributed by atoms with Crippen molar-refractivity contribution in [3.63, 3.8) is 0 Å². The molecule has 0 aromatic heterocycles. The molecule has 0 aliphatic heterocycles. The molecule has 1 aromatic rings. The van der Waals surface area contributed by atoms with Crippen LogP contribution >= 0.6 is 27.5 Å². The molecule has 0 unspecified atom stereocenters. The topological polar surface area (TPSA) is 37.3 Å². The molecule has 1 rings (SSSR count). The molecule has 2 nitrogen and oxygen atoms in total. The first-order valence-electron chi connectivity index (χ1n) is 4.16. The molecule has 0 fully saturated rings. The number of aromatic hydroxyl groups is 1. The molecule has 0 spiro atoms. The van der Waals surface area contributed by atoms with Crippen LogP contribution in [0.1, 0.15) is 22.3 Å². The van der Waals surface area contributed by atoms with Crippen molar-refractivity contribution in [1.82, 2.24) is 0 Å². The fraction of sp³-hybridized carbons (Fsp3) is 0.300. The summed E-state index contributed by atoms with van der Waals surface area (Å²) in [4.78, 5) is 11.4. The molecule has 0 bridgehead atoms. The summed E-state index contributed by atoms with van der Waals surface area (Å²) in [5.41, 5.74) is 1.16. The van der Waals surface area contributed by atoms with E-state index in [-0.39, 0.29) is 11.5 Å². The summed E-state index contributed by atoms with van der Waals surface area (Å²) in [7, 11) is 0. The third-order valence-electron chi connectivity index (χ3n) is 1.84. The number of hydrogen-bond donors (Lipinski definition) is 1. The van der Waals surface area contributed by atoms with Gasteiger partial charge in [0.2, 0.25) is 0 Å². The number of carbonyl (C=O) groups excluding carboxylic acids is 1. The fourth-order valence-corrected chi connectivity index (χ4v) is 1.64. The third kappa shape index (κ3) is 2.72. The van der Waals surface area contributed by atoms with Gasteiger partial charge in [0.1, 0.15) is 5.75 Å². The minimum absolute atomic E-state index is 0.00843. The van der Waals surface area contributed by atoms with E-state index in [1.165, 1.54) is 6.07 Å². The van der Waals surface area contributed by atoms with Gasteiger partial charge >= 0.3 is 0 Å². The number of rotatable bonds is 4. The van der Waals surface area contributed by atoms with E-state index in [9.17, 15) is 9.90 Å². The van der Waals surface area contributed by atoms with Crippen molar-refractivity contribution < 1.29 is 9.90 Å². The van der Waals surface area contributed by atoms with Crippen LogP contribution in [0.5, 0.6) is 5.75 Å². The number of benzene rings is 1. The lowest BCUT2D eigenvalue weighted by Gasteiger charge is -2.03. The van der Waals surface area contributed by atoms with Gasteiger partial charge in [0, 0.05) is 17.6 Å².